The van der Waals surface area contributed by atoms with Gasteiger partial charge in [-0.25, -0.2) is 0 Å². The Kier molecular flexibility index (Phi) is 5.05. The van der Waals surface area contributed by atoms with E-state index in [2.05, 4.69) is 17.2 Å². The molecular formula is C15H22N2O2. The Morgan fingerprint density at radius 1 is 1.42 bits per heavy atom. The summed E-state index contributed by atoms with van der Waals surface area (Å²) in [6.45, 7) is 6.17. The predicted molar refractivity (Wildman–Crippen MR) is 74.1 cm³/mol. The molecule has 4 heteroatoms. The zero-order chi connectivity index (χ0) is 13.7. The third-order valence-electron chi connectivity index (χ3n) is 3.61. The van der Waals surface area contributed by atoms with Gasteiger partial charge in [-0.3, -0.25) is 9.78 Å². The molecule has 104 valence electrons. The standard InChI is InChI=1S/C15H22N2O2/c1-3-11-5-6-12(17-8-11)7-15(18)13-9-19-10-14(13)16-4-2/h5-6,8,13-14,16H,3-4,7,9-10H2,1-2H3. The molecule has 2 heterocycles. The summed E-state index contributed by atoms with van der Waals surface area (Å²) < 4.78 is 5.41. The number of aryl methyl sites for hydroxylation is 1. The van der Waals surface area contributed by atoms with E-state index in [0.717, 1.165) is 18.7 Å². The van der Waals surface area contributed by atoms with E-state index in [1.54, 1.807) is 0 Å². The SMILES string of the molecule is CCNC1COCC1C(=O)Cc1ccc(CC)cn1. The first-order chi connectivity index (χ1) is 9.24. The molecule has 0 spiro atoms. The number of likely N-dealkylation sites (N-methyl/N-ethyl adjacent to an activating group) is 1. The molecule has 2 rings (SSSR count). The maximum Gasteiger partial charge on any atom is 0.145 e. The van der Waals surface area contributed by atoms with Gasteiger partial charge in [0, 0.05) is 24.4 Å². The molecule has 19 heavy (non-hydrogen) atoms. The largest absolute Gasteiger partial charge is 0.379 e. The Labute approximate surface area is 114 Å². The molecule has 4 nitrogen and oxygen atoms in total. The van der Waals surface area contributed by atoms with Crippen LogP contribution in [0, 0.1) is 5.92 Å². The number of nitrogens with zero attached hydrogens (tertiary/aromatic N) is 1. The van der Waals surface area contributed by atoms with E-state index in [9.17, 15) is 4.79 Å². The van der Waals surface area contributed by atoms with Gasteiger partial charge >= 0.3 is 0 Å². The predicted octanol–water partition coefficient (Wildman–Crippen LogP) is 1.38. The fraction of sp³-hybridized carbons (Fsp3) is 0.600. The van der Waals surface area contributed by atoms with Crippen molar-refractivity contribution in [3.63, 3.8) is 0 Å². The molecular weight excluding hydrogens is 240 g/mol. The number of hydrogen-bond donors (Lipinski definition) is 1. The van der Waals surface area contributed by atoms with Gasteiger partial charge in [0.2, 0.25) is 0 Å². The number of ether oxygens (including phenoxy) is 1. The normalized spacial score (nSPS) is 22.6. The minimum Gasteiger partial charge on any atom is -0.379 e. The molecule has 1 saturated heterocycles. The Bertz CT molecular complexity index is 417. The molecule has 1 fully saturated rings. The monoisotopic (exact) mass is 262 g/mol. The molecule has 0 bridgehead atoms. The van der Waals surface area contributed by atoms with Gasteiger partial charge in [0.1, 0.15) is 5.78 Å². The minimum atomic E-state index is -0.0346. The number of aromatic nitrogens is 1. The quantitative estimate of drug-likeness (QED) is 0.841. The van der Waals surface area contributed by atoms with Crippen LogP contribution in [0.25, 0.3) is 0 Å². The summed E-state index contributed by atoms with van der Waals surface area (Å²) in [5.41, 5.74) is 2.05. The molecule has 2 unspecified atom stereocenters. The molecule has 1 aliphatic rings. The highest BCUT2D eigenvalue weighted by molar-refractivity contribution is 5.84. The number of hydrogen-bond acceptors (Lipinski definition) is 4. The van der Waals surface area contributed by atoms with Crippen molar-refractivity contribution < 1.29 is 9.53 Å². The van der Waals surface area contributed by atoms with E-state index < -0.39 is 0 Å². The first-order valence-corrected chi connectivity index (χ1v) is 7.02. The van der Waals surface area contributed by atoms with Gasteiger partial charge in [-0.05, 0) is 24.6 Å². The van der Waals surface area contributed by atoms with Gasteiger partial charge in [0.15, 0.2) is 0 Å². The second-order valence-electron chi connectivity index (χ2n) is 4.96. The molecule has 1 aromatic rings. The van der Waals surface area contributed by atoms with Crippen LogP contribution in [0.1, 0.15) is 25.1 Å². The van der Waals surface area contributed by atoms with E-state index in [1.165, 1.54) is 5.56 Å². The number of pyridine rings is 1. The highest BCUT2D eigenvalue weighted by Crippen LogP contribution is 2.17. The first kappa shape index (κ1) is 14.2. The number of carbonyl (C=O) groups is 1. The van der Waals surface area contributed by atoms with Gasteiger partial charge in [-0.2, -0.15) is 0 Å². The van der Waals surface area contributed by atoms with Gasteiger partial charge < -0.3 is 10.1 Å². The van der Waals surface area contributed by atoms with Gasteiger partial charge in [-0.15, -0.1) is 0 Å². The summed E-state index contributed by atoms with van der Waals surface area (Å²) in [4.78, 5) is 16.6. The van der Waals surface area contributed by atoms with Crippen molar-refractivity contribution in [2.45, 2.75) is 32.7 Å². The minimum absolute atomic E-state index is 0.0346. The van der Waals surface area contributed by atoms with Crippen molar-refractivity contribution in [2.24, 2.45) is 5.92 Å². The fourth-order valence-electron chi connectivity index (χ4n) is 2.41. The smallest absolute Gasteiger partial charge is 0.145 e. The summed E-state index contributed by atoms with van der Waals surface area (Å²) in [5, 5.41) is 3.31. The van der Waals surface area contributed by atoms with Crippen molar-refractivity contribution in [1.29, 1.82) is 0 Å². The van der Waals surface area contributed by atoms with Crippen molar-refractivity contribution in [1.82, 2.24) is 10.3 Å². The van der Waals surface area contributed by atoms with Gasteiger partial charge in [0.05, 0.1) is 19.1 Å². The molecule has 0 saturated carbocycles. The van der Waals surface area contributed by atoms with E-state index in [4.69, 9.17) is 4.74 Å². The third-order valence-corrected chi connectivity index (χ3v) is 3.61. The maximum atomic E-state index is 12.3. The van der Waals surface area contributed by atoms with E-state index >= 15 is 0 Å². The lowest BCUT2D eigenvalue weighted by Gasteiger charge is -2.16. The zero-order valence-corrected chi connectivity index (χ0v) is 11.7. The van der Waals surface area contributed by atoms with Crippen LogP contribution < -0.4 is 5.32 Å². The topological polar surface area (TPSA) is 51.2 Å². The number of nitrogens with one attached hydrogen (secondary N) is 1. The molecule has 2 atom stereocenters. The number of carbonyl (C=O) groups excluding carboxylic acids is 1. The molecule has 1 aliphatic heterocycles. The Morgan fingerprint density at radius 2 is 2.26 bits per heavy atom. The fourth-order valence-corrected chi connectivity index (χ4v) is 2.41. The van der Waals surface area contributed by atoms with Crippen LogP contribution in [0.4, 0.5) is 0 Å². The zero-order valence-electron chi connectivity index (χ0n) is 11.7. The average molecular weight is 262 g/mol. The van der Waals surface area contributed by atoms with Crippen LogP contribution in [0.5, 0.6) is 0 Å². The molecule has 0 aromatic carbocycles. The summed E-state index contributed by atoms with van der Waals surface area (Å²) in [7, 11) is 0. The van der Waals surface area contributed by atoms with Gasteiger partial charge in [0.25, 0.3) is 0 Å². The maximum absolute atomic E-state index is 12.3. The summed E-state index contributed by atoms with van der Waals surface area (Å²) in [6.07, 6.45) is 3.23. The molecule has 1 aromatic heterocycles. The lowest BCUT2D eigenvalue weighted by Crippen LogP contribution is -2.39. The molecule has 0 aliphatic carbocycles. The third kappa shape index (κ3) is 3.61. The summed E-state index contributed by atoms with van der Waals surface area (Å²) in [5.74, 6) is 0.188. The Morgan fingerprint density at radius 3 is 2.89 bits per heavy atom. The number of Topliss-reactive ketones (excluding diaryl/α,β-unsaturated/α-hetero) is 1. The van der Waals surface area contributed by atoms with Crippen molar-refractivity contribution >= 4 is 5.78 Å². The lowest BCUT2D eigenvalue weighted by molar-refractivity contribution is -0.122. The van der Waals surface area contributed by atoms with Crippen LogP contribution in [0.15, 0.2) is 18.3 Å². The lowest BCUT2D eigenvalue weighted by atomic mass is 9.95. The van der Waals surface area contributed by atoms with Crippen LogP contribution >= 0.6 is 0 Å². The highest BCUT2D eigenvalue weighted by atomic mass is 16.5. The number of ketones is 1. The van der Waals surface area contributed by atoms with Gasteiger partial charge in [-0.1, -0.05) is 19.9 Å². The van der Waals surface area contributed by atoms with E-state index in [1.807, 2.05) is 25.3 Å². The van der Waals surface area contributed by atoms with Crippen molar-refractivity contribution in [3.05, 3.63) is 29.6 Å². The van der Waals surface area contributed by atoms with Crippen molar-refractivity contribution in [3.8, 4) is 0 Å². The Balaban J connectivity index is 1.95. The molecule has 0 amide bonds. The average Bonchev–Trinajstić information content (AvgIpc) is 2.88. The second-order valence-corrected chi connectivity index (χ2v) is 4.96. The van der Waals surface area contributed by atoms with Crippen LogP contribution in [0.2, 0.25) is 0 Å². The highest BCUT2D eigenvalue weighted by Gasteiger charge is 2.33. The van der Waals surface area contributed by atoms with Crippen LogP contribution in [-0.2, 0) is 22.4 Å². The Hall–Kier alpha value is -1.26. The van der Waals surface area contributed by atoms with Crippen molar-refractivity contribution in [2.75, 3.05) is 19.8 Å². The van der Waals surface area contributed by atoms with Crippen LogP contribution in [0.3, 0.4) is 0 Å². The summed E-state index contributed by atoms with van der Waals surface area (Å²) in [6, 6.07) is 4.16. The summed E-state index contributed by atoms with van der Waals surface area (Å²) >= 11 is 0. The molecule has 1 N–H and O–H groups in total. The van der Waals surface area contributed by atoms with E-state index in [-0.39, 0.29) is 17.7 Å². The van der Waals surface area contributed by atoms with Crippen LogP contribution in [-0.4, -0.2) is 36.6 Å². The number of rotatable bonds is 6. The second kappa shape index (κ2) is 6.78. The molecule has 0 radical (unpaired) electrons. The van der Waals surface area contributed by atoms with E-state index in [0.29, 0.717) is 19.6 Å². The first-order valence-electron chi connectivity index (χ1n) is 7.02.